The van der Waals surface area contributed by atoms with Gasteiger partial charge in [-0.25, -0.2) is 8.78 Å². The Bertz CT molecular complexity index is 153. The number of hydrogen-bond acceptors (Lipinski definition) is 1. The van der Waals surface area contributed by atoms with Crippen LogP contribution in [-0.2, 0) is 4.79 Å². The largest absolute Gasteiger partial charge is 0.364 e. The summed E-state index contributed by atoms with van der Waals surface area (Å²) in [5, 5.41) is 0. The maximum atomic E-state index is 12.1. The molecule has 0 bridgehead atoms. The number of hydrogen-bond donors (Lipinski definition) is 0. The zero-order valence-corrected chi connectivity index (χ0v) is 6.07. The van der Waals surface area contributed by atoms with Gasteiger partial charge in [0.15, 0.2) is 0 Å². The Hall–Kier alpha value is -0.610. The van der Waals surface area contributed by atoms with Crippen LogP contribution in [0.3, 0.4) is 0 Å². The molecule has 1 nitrogen and oxygen atoms in total. The predicted molar refractivity (Wildman–Crippen MR) is 30.8 cm³/mol. The number of ketones is 1. The topological polar surface area (TPSA) is 17.1 Å². The van der Waals surface area contributed by atoms with Gasteiger partial charge in [-0.2, -0.15) is 8.78 Å². The van der Waals surface area contributed by atoms with Gasteiger partial charge in [0, 0.05) is 5.92 Å². The van der Waals surface area contributed by atoms with Gasteiger partial charge in [-0.3, -0.25) is 4.79 Å². The Morgan fingerprint density at radius 2 is 1.64 bits per heavy atom. The van der Waals surface area contributed by atoms with Gasteiger partial charge in [-0.1, -0.05) is 13.8 Å². The van der Waals surface area contributed by atoms with Crippen LogP contribution in [0.1, 0.15) is 13.8 Å². The Kier molecular flexibility index (Phi) is 3.02. The fourth-order valence-electron chi connectivity index (χ4n) is 0.492. The highest BCUT2D eigenvalue weighted by Gasteiger charge is 2.49. The van der Waals surface area contributed by atoms with Crippen molar-refractivity contribution >= 4 is 5.78 Å². The van der Waals surface area contributed by atoms with Crippen LogP contribution >= 0.6 is 0 Å². The molecule has 0 aromatic carbocycles. The number of halogens is 4. The average Bonchev–Trinajstić information content (AvgIpc) is 1.85. The summed E-state index contributed by atoms with van der Waals surface area (Å²) in [6, 6.07) is 0. The molecule has 0 N–H and O–H groups in total. The van der Waals surface area contributed by atoms with Crippen LogP contribution in [0.5, 0.6) is 0 Å². The van der Waals surface area contributed by atoms with Crippen molar-refractivity contribution in [2.24, 2.45) is 5.92 Å². The maximum Gasteiger partial charge on any atom is 0.364 e. The first-order valence-electron chi connectivity index (χ1n) is 3.00. The van der Waals surface area contributed by atoms with Crippen LogP contribution in [0.2, 0.25) is 0 Å². The Morgan fingerprint density at radius 3 is 1.73 bits per heavy atom. The minimum atomic E-state index is -4.49. The standard InChI is InChI=1S/C6H8F4O/c1-3(2)4(11)6(9,10)5(7)8/h3,5H,1-2H3. The molecule has 0 unspecified atom stereocenters. The third-order valence-corrected chi connectivity index (χ3v) is 1.13. The number of alkyl halides is 4. The highest BCUT2D eigenvalue weighted by atomic mass is 19.3. The average molecular weight is 172 g/mol. The Balaban J connectivity index is 4.43. The lowest BCUT2D eigenvalue weighted by atomic mass is 10.0. The molecule has 0 aromatic heterocycles. The fourth-order valence-corrected chi connectivity index (χ4v) is 0.492. The molecule has 0 fully saturated rings. The second-order valence-electron chi connectivity index (χ2n) is 2.44. The molecular formula is C6H8F4O. The summed E-state index contributed by atoms with van der Waals surface area (Å²) < 4.78 is 47.1. The molecule has 11 heavy (non-hydrogen) atoms. The molecule has 0 radical (unpaired) electrons. The van der Waals surface area contributed by atoms with E-state index in [1.54, 1.807) is 0 Å². The van der Waals surface area contributed by atoms with Gasteiger partial charge in [0.1, 0.15) is 0 Å². The van der Waals surface area contributed by atoms with Crippen LogP contribution < -0.4 is 0 Å². The number of carbonyl (C=O) groups excluding carboxylic acids is 1. The summed E-state index contributed by atoms with van der Waals surface area (Å²) in [5.74, 6) is -7.28. The molecule has 0 saturated heterocycles. The summed E-state index contributed by atoms with van der Waals surface area (Å²) in [6.07, 6.45) is -3.91. The van der Waals surface area contributed by atoms with Gasteiger partial charge in [0.2, 0.25) is 5.78 Å². The quantitative estimate of drug-likeness (QED) is 0.596. The van der Waals surface area contributed by atoms with Gasteiger partial charge in [0.05, 0.1) is 0 Å². The minimum Gasteiger partial charge on any atom is -0.292 e. The second kappa shape index (κ2) is 3.19. The van der Waals surface area contributed by atoms with E-state index < -0.39 is 24.0 Å². The van der Waals surface area contributed by atoms with Gasteiger partial charge in [-0.05, 0) is 0 Å². The molecule has 0 amide bonds. The van der Waals surface area contributed by atoms with Crippen LogP contribution in [0.15, 0.2) is 0 Å². The molecule has 0 heterocycles. The first kappa shape index (κ1) is 10.4. The molecule has 0 aliphatic carbocycles. The molecule has 5 heteroatoms. The summed E-state index contributed by atoms with van der Waals surface area (Å²) in [6.45, 7) is 2.30. The van der Waals surface area contributed by atoms with Crippen LogP contribution in [0.25, 0.3) is 0 Å². The summed E-state index contributed by atoms with van der Waals surface area (Å²) >= 11 is 0. The van der Waals surface area contributed by atoms with E-state index in [4.69, 9.17) is 0 Å². The van der Waals surface area contributed by atoms with Crippen molar-refractivity contribution in [3.05, 3.63) is 0 Å². The number of rotatable bonds is 3. The third-order valence-electron chi connectivity index (χ3n) is 1.13. The molecule has 0 spiro atoms. The molecule has 0 aliphatic rings. The first-order chi connectivity index (χ1) is 4.80. The van der Waals surface area contributed by atoms with Crippen molar-refractivity contribution < 1.29 is 22.4 Å². The van der Waals surface area contributed by atoms with Crippen molar-refractivity contribution in [3.8, 4) is 0 Å². The van der Waals surface area contributed by atoms with Crippen molar-refractivity contribution in [1.82, 2.24) is 0 Å². The van der Waals surface area contributed by atoms with E-state index in [2.05, 4.69) is 0 Å². The normalized spacial score (nSPS) is 12.7. The van der Waals surface area contributed by atoms with Crippen LogP contribution in [0.4, 0.5) is 17.6 Å². The van der Waals surface area contributed by atoms with Crippen molar-refractivity contribution in [2.75, 3.05) is 0 Å². The van der Waals surface area contributed by atoms with Crippen molar-refractivity contribution in [2.45, 2.75) is 26.2 Å². The summed E-state index contributed by atoms with van der Waals surface area (Å²) in [7, 11) is 0. The zero-order chi connectivity index (χ0) is 9.23. The lowest BCUT2D eigenvalue weighted by Gasteiger charge is -2.15. The zero-order valence-electron chi connectivity index (χ0n) is 6.07. The minimum absolute atomic E-state index is 1.07. The third kappa shape index (κ3) is 2.17. The van der Waals surface area contributed by atoms with Crippen molar-refractivity contribution in [1.29, 1.82) is 0 Å². The second-order valence-corrected chi connectivity index (χ2v) is 2.44. The lowest BCUT2D eigenvalue weighted by Crippen LogP contribution is -2.39. The smallest absolute Gasteiger partial charge is 0.292 e. The van der Waals surface area contributed by atoms with Crippen LogP contribution in [-0.4, -0.2) is 18.1 Å². The predicted octanol–water partition coefficient (Wildman–Crippen LogP) is 2.11. The lowest BCUT2D eigenvalue weighted by molar-refractivity contribution is -0.170. The van der Waals surface area contributed by atoms with E-state index in [1.807, 2.05) is 0 Å². The van der Waals surface area contributed by atoms with Gasteiger partial charge >= 0.3 is 12.3 Å². The molecule has 0 aromatic rings. The van der Waals surface area contributed by atoms with E-state index >= 15 is 0 Å². The van der Waals surface area contributed by atoms with Crippen LogP contribution in [0, 0.1) is 5.92 Å². The van der Waals surface area contributed by atoms with Crippen molar-refractivity contribution in [3.63, 3.8) is 0 Å². The molecule has 0 rings (SSSR count). The van der Waals surface area contributed by atoms with E-state index in [-0.39, 0.29) is 0 Å². The van der Waals surface area contributed by atoms with E-state index in [0.717, 1.165) is 13.8 Å². The van der Waals surface area contributed by atoms with E-state index in [0.29, 0.717) is 0 Å². The fraction of sp³-hybridized carbons (Fsp3) is 0.833. The Labute approximate surface area is 61.4 Å². The van der Waals surface area contributed by atoms with Gasteiger partial charge in [-0.15, -0.1) is 0 Å². The molecule has 0 atom stereocenters. The SMILES string of the molecule is CC(C)C(=O)C(F)(F)C(F)F. The van der Waals surface area contributed by atoms with E-state index in [9.17, 15) is 22.4 Å². The van der Waals surface area contributed by atoms with E-state index in [1.165, 1.54) is 0 Å². The van der Waals surface area contributed by atoms with Gasteiger partial charge in [0.25, 0.3) is 0 Å². The molecule has 0 saturated carbocycles. The molecular weight excluding hydrogens is 164 g/mol. The highest BCUT2D eigenvalue weighted by molar-refractivity contribution is 5.87. The number of Topliss-reactive ketones (excluding diaryl/α,β-unsaturated/α-hetero) is 1. The highest BCUT2D eigenvalue weighted by Crippen LogP contribution is 2.26. The first-order valence-corrected chi connectivity index (χ1v) is 3.00. The Morgan fingerprint density at radius 1 is 1.27 bits per heavy atom. The monoisotopic (exact) mass is 172 g/mol. The van der Waals surface area contributed by atoms with Gasteiger partial charge < -0.3 is 0 Å². The molecule has 0 aliphatic heterocycles. The number of carbonyl (C=O) groups is 1. The summed E-state index contributed by atoms with van der Waals surface area (Å²) in [5.41, 5.74) is 0. The maximum absolute atomic E-state index is 12.1. The summed E-state index contributed by atoms with van der Waals surface area (Å²) in [4.78, 5) is 10.4. The molecule has 66 valence electrons.